The molecular formula is C36H22F5NO5. The van der Waals surface area contributed by atoms with E-state index in [1.807, 2.05) is 0 Å². The number of benzene rings is 5. The van der Waals surface area contributed by atoms with Crippen LogP contribution in [0.5, 0.6) is 5.75 Å². The van der Waals surface area contributed by atoms with Gasteiger partial charge in [0.05, 0.1) is 12.2 Å². The second-order valence-electron chi connectivity index (χ2n) is 11.3. The molecule has 7 rings (SSSR count). The van der Waals surface area contributed by atoms with E-state index in [0.717, 1.165) is 22.0 Å². The third-order valence-corrected chi connectivity index (χ3v) is 8.54. The minimum absolute atomic E-state index is 0.0666. The van der Waals surface area contributed by atoms with Crippen LogP contribution in [0.2, 0.25) is 0 Å². The summed E-state index contributed by atoms with van der Waals surface area (Å²) in [6.45, 7) is 3.88. The number of carbonyl (C=O) groups is 1. The summed E-state index contributed by atoms with van der Waals surface area (Å²) in [5.41, 5.74) is 0.266. The fourth-order valence-electron chi connectivity index (χ4n) is 6.29. The quantitative estimate of drug-likeness (QED) is 0.0334. The molecule has 0 saturated heterocycles. The highest BCUT2D eigenvalue weighted by Gasteiger charge is 2.27. The molecule has 0 N–H and O–H groups in total. The number of hydrogen-bond donors (Lipinski definition) is 0. The summed E-state index contributed by atoms with van der Waals surface area (Å²) < 4.78 is 84.1. The molecule has 0 atom stereocenters. The molecule has 2 heterocycles. The smallest absolute Gasteiger partial charge is 0.261 e. The van der Waals surface area contributed by atoms with Crippen LogP contribution >= 0.6 is 0 Å². The van der Waals surface area contributed by atoms with E-state index in [-0.39, 0.29) is 40.5 Å². The van der Waals surface area contributed by atoms with Gasteiger partial charge in [0.2, 0.25) is 5.82 Å². The fraction of sp³-hybridized carbons (Fsp3) is 0.139. The molecule has 0 saturated carbocycles. The van der Waals surface area contributed by atoms with Crippen LogP contribution in [0.15, 0.2) is 68.6 Å². The van der Waals surface area contributed by atoms with Gasteiger partial charge in [0.1, 0.15) is 16.9 Å². The van der Waals surface area contributed by atoms with Gasteiger partial charge in [-0.3, -0.25) is 19.0 Å². The Labute approximate surface area is 261 Å². The molecule has 0 radical (unpaired) electrons. The van der Waals surface area contributed by atoms with E-state index in [2.05, 4.69) is 0 Å². The first-order valence-corrected chi connectivity index (χ1v) is 14.5. The lowest BCUT2D eigenvalue weighted by atomic mass is 9.94. The molecule has 0 aliphatic heterocycles. The molecule has 11 heteroatoms. The number of nitrogens with zero attached hydrogens (tertiary/aromatic N) is 1. The maximum Gasteiger partial charge on any atom is 0.261 e. The molecule has 0 fully saturated rings. The van der Waals surface area contributed by atoms with Crippen LogP contribution in [-0.4, -0.2) is 17.5 Å². The molecule has 0 amide bonds. The molecule has 7 aromatic rings. The number of pyridine rings is 1. The largest absolute Gasteiger partial charge is 0.494 e. The highest BCUT2D eigenvalue weighted by molar-refractivity contribution is 6.26. The number of carbonyl (C=O) groups excluding carboxylic acids is 1. The molecule has 0 aliphatic rings. The molecule has 0 bridgehead atoms. The zero-order chi connectivity index (χ0) is 33.3. The van der Waals surface area contributed by atoms with Crippen molar-refractivity contribution >= 4 is 49.8 Å². The molecule has 0 aliphatic carbocycles. The van der Waals surface area contributed by atoms with E-state index in [1.165, 1.54) is 24.3 Å². The van der Waals surface area contributed by atoms with Crippen LogP contribution in [0.25, 0.3) is 54.6 Å². The maximum atomic E-state index is 14.7. The van der Waals surface area contributed by atoms with Crippen molar-refractivity contribution in [1.29, 1.82) is 0 Å². The standard InChI is InChI=1S/C36H22F5NO5/c1-16-12-19(13-17(2)24(16)15-43)46-11-3-10-42-35(44)21-6-5-20-23-14-18(27-30(37)32(39)34(41)33(40)31(27)38)4-8-25(23)47-26-9-7-22(36(42)45)28(21)29(20)26/h4-9,12-15H,3,10-11H2,1-2H3. The fourth-order valence-corrected chi connectivity index (χ4v) is 6.29. The summed E-state index contributed by atoms with van der Waals surface area (Å²) in [5.74, 6) is -9.77. The van der Waals surface area contributed by atoms with Crippen LogP contribution in [-0.2, 0) is 6.54 Å². The Morgan fingerprint density at radius 3 is 1.91 bits per heavy atom. The average Bonchev–Trinajstić information content (AvgIpc) is 3.06. The molecular weight excluding hydrogens is 621 g/mol. The zero-order valence-corrected chi connectivity index (χ0v) is 24.8. The minimum atomic E-state index is -2.26. The van der Waals surface area contributed by atoms with E-state index < -0.39 is 45.8 Å². The Morgan fingerprint density at radius 2 is 1.28 bits per heavy atom. The van der Waals surface area contributed by atoms with Crippen molar-refractivity contribution in [3.63, 3.8) is 0 Å². The molecule has 236 valence electrons. The predicted octanol–water partition coefficient (Wildman–Crippen LogP) is 8.11. The molecule has 5 aromatic carbocycles. The Balaban J connectivity index is 1.30. The van der Waals surface area contributed by atoms with Crippen molar-refractivity contribution < 1.29 is 35.9 Å². The Bertz CT molecular complexity index is 2490. The highest BCUT2D eigenvalue weighted by Crippen LogP contribution is 2.39. The molecule has 0 spiro atoms. The lowest BCUT2D eigenvalue weighted by molar-refractivity contribution is 0.112. The lowest BCUT2D eigenvalue weighted by Crippen LogP contribution is -2.33. The second-order valence-corrected chi connectivity index (χ2v) is 11.3. The highest BCUT2D eigenvalue weighted by atomic mass is 19.2. The van der Waals surface area contributed by atoms with Gasteiger partial charge in [0, 0.05) is 39.0 Å². The third kappa shape index (κ3) is 4.56. The van der Waals surface area contributed by atoms with Gasteiger partial charge in [-0.1, -0.05) is 12.1 Å². The van der Waals surface area contributed by atoms with Crippen molar-refractivity contribution in [1.82, 2.24) is 4.57 Å². The van der Waals surface area contributed by atoms with Crippen molar-refractivity contribution in [2.75, 3.05) is 6.61 Å². The van der Waals surface area contributed by atoms with Crippen molar-refractivity contribution in [2.45, 2.75) is 26.8 Å². The van der Waals surface area contributed by atoms with Gasteiger partial charge in [0.15, 0.2) is 29.6 Å². The second kappa shape index (κ2) is 11.0. The number of halogens is 5. The maximum absolute atomic E-state index is 14.7. The third-order valence-electron chi connectivity index (χ3n) is 8.54. The average molecular weight is 644 g/mol. The normalized spacial score (nSPS) is 11.8. The molecule has 47 heavy (non-hydrogen) atoms. The summed E-state index contributed by atoms with van der Waals surface area (Å²) in [4.78, 5) is 38.5. The number of rotatable bonds is 7. The number of fused-ring (bicyclic) bond motifs is 2. The van der Waals surface area contributed by atoms with Gasteiger partial charge in [-0.15, -0.1) is 0 Å². The van der Waals surface area contributed by atoms with Crippen LogP contribution in [0.3, 0.4) is 0 Å². The van der Waals surface area contributed by atoms with Gasteiger partial charge in [0.25, 0.3) is 11.1 Å². The first kappa shape index (κ1) is 30.1. The van der Waals surface area contributed by atoms with E-state index in [4.69, 9.17) is 9.15 Å². The van der Waals surface area contributed by atoms with E-state index in [0.29, 0.717) is 39.5 Å². The topological polar surface area (TPSA) is 78.5 Å². The van der Waals surface area contributed by atoms with Crippen molar-refractivity contribution in [2.24, 2.45) is 0 Å². The summed E-state index contributed by atoms with van der Waals surface area (Å²) in [6.07, 6.45) is 1.12. The number of aldehydes is 1. The number of hydrogen-bond acceptors (Lipinski definition) is 5. The Kier molecular flexibility index (Phi) is 7.07. The van der Waals surface area contributed by atoms with E-state index >= 15 is 0 Å². The zero-order valence-electron chi connectivity index (χ0n) is 24.8. The van der Waals surface area contributed by atoms with Crippen LogP contribution in [0, 0.1) is 42.9 Å². The Morgan fingerprint density at radius 1 is 0.702 bits per heavy atom. The van der Waals surface area contributed by atoms with E-state index in [9.17, 15) is 36.3 Å². The summed E-state index contributed by atoms with van der Waals surface area (Å²) >= 11 is 0. The minimum Gasteiger partial charge on any atom is -0.494 e. The SMILES string of the molecule is Cc1cc(OCCCn2c(=O)c3ccc4oc5ccc(-c6c(F)c(F)c(F)c(F)c6F)cc5c5ccc(c2=O)c3c45)cc(C)c1C=O. The Hall–Kier alpha value is -5.58. The summed E-state index contributed by atoms with van der Waals surface area (Å²) in [5, 5.41) is 1.92. The van der Waals surface area contributed by atoms with Gasteiger partial charge in [-0.25, -0.2) is 22.0 Å². The van der Waals surface area contributed by atoms with Gasteiger partial charge in [-0.2, -0.15) is 0 Å². The van der Waals surface area contributed by atoms with Gasteiger partial charge < -0.3 is 9.15 Å². The lowest BCUT2D eigenvalue weighted by Gasteiger charge is -2.15. The number of aromatic nitrogens is 1. The van der Waals surface area contributed by atoms with Crippen LogP contribution in [0.4, 0.5) is 22.0 Å². The molecule has 0 unspecified atom stereocenters. The van der Waals surface area contributed by atoms with Crippen molar-refractivity contribution in [3.8, 4) is 16.9 Å². The monoisotopic (exact) mass is 643 g/mol. The van der Waals surface area contributed by atoms with Crippen LogP contribution in [0.1, 0.15) is 27.9 Å². The van der Waals surface area contributed by atoms with Gasteiger partial charge in [-0.05, 0) is 84.8 Å². The van der Waals surface area contributed by atoms with E-state index in [1.54, 1.807) is 44.2 Å². The first-order valence-electron chi connectivity index (χ1n) is 14.5. The van der Waals surface area contributed by atoms with Crippen molar-refractivity contribution in [3.05, 3.63) is 121 Å². The first-order chi connectivity index (χ1) is 22.5. The van der Waals surface area contributed by atoms with Gasteiger partial charge >= 0.3 is 0 Å². The predicted molar refractivity (Wildman–Crippen MR) is 167 cm³/mol. The number of aryl methyl sites for hydroxylation is 2. The summed E-state index contributed by atoms with van der Waals surface area (Å²) in [7, 11) is 0. The molecule has 6 nitrogen and oxygen atoms in total. The number of ether oxygens (including phenoxy) is 1. The van der Waals surface area contributed by atoms with Crippen LogP contribution < -0.4 is 15.9 Å². The summed E-state index contributed by atoms with van der Waals surface area (Å²) in [6, 6.07) is 13.5. The molecule has 2 aromatic heterocycles.